The monoisotopic (exact) mass is 226 g/mol. The average molecular weight is 228 g/mol. The third-order valence-electron chi connectivity index (χ3n) is 1.91. The van der Waals surface area contributed by atoms with Crippen LogP contribution in [-0.2, 0) is 0 Å². The van der Waals surface area contributed by atoms with Crippen LogP contribution in [0.15, 0.2) is 0 Å². The summed E-state index contributed by atoms with van der Waals surface area (Å²) in [4.78, 5) is 0.260. The Kier molecular flexibility index (Phi) is 3.47. The van der Waals surface area contributed by atoms with E-state index in [1.165, 1.54) is 0 Å². The number of hydrogen-bond donors (Lipinski definition) is 1. The molecule has 3 atom stereocenters. The maximum absolute atomic E-state index is 9.40. The lowest BCUT2D eigenvalue weighted by atomic mass is 10.2. The van der Waals surface area contributed by atoms with Crippen LogP contribution in [0, 0.1) is 0 Å². The first-order valence-corrected chi connectivity index (χ1v) is 5.01. The van der Waals surface area contributed by atoms with Crippen LogP contribution in [-0.4, -0.2) is 21.4 Å². The molecule has 0 aliphatic heterocycles. The Balaban J connectivity index is 2.41. The maximum Gasteiger partial charge on any atom is 0.0679 e. The van der Waals surface area contributed by atoms with E-state index in [2.05, 4.69) is 15.9 Å². The van der Waals surface area contributed by atoms with Gasteiger partial charge in [0.2, 0.25) is 0 Å². The van der Waals surface area contributed by atoms with Crippen molar-refractivity contribution in [1.82, 2.24) is 0 Å². The Labute approximate surface area is 74.9 Å². The molecular weight excluding hydrogens is 215 g/mol. The van der Waals surface area contributed by atoms with Gasteiger partial charge in [0.15, 0.2) is 0 Å². The van der Waals surface area contributed by atoms with Gasteiger partial charge >= 0.3 is 0 Å². The first-order valence-electron chi connectivity index (χ1n) is 3.66. The van der Waals surface area contributed by atoms with Gasteiger partial charge in [0.1, 0.15) is 0 Å². The van der Waals surface area contributed by atoms with Gasteiger partial charge in [-0.25, -0.2) is 0 Å². The molecule has 0 heterocycles. The number of hydrogen-bond acceptors (Lipinski definition) is 1. The van der Waals surface area contributed by atoms with Gasteiger partial charge in [-0.2, -0.15) is 0 Å². The van der Waals surface area contributed by atoms with E-state index in [9.17, 15) is 5.11 Å². The van der Waals surface area contributed by atoms with Gasteiger partial charge in [0, 0.05) is 10.2 Å². The molecule has 0 spiro atoms. The molecule has 0 aromatic rings. The highest BCUT2D eigenvalue weighted by Crippen LogP contribution is 2.26. The molecule has 3 unspecified atom stereocenters. The molecule has 0 saturated heterocycles. The molecule has 10 heavy (non-hydrogen) atoms. The van der Waals surface area contributed by atoms with Crippen LogP contribution in [0.3, 0.4) is 0 Å². The van der Waals surface area contributed by atoms with Crippen LogP contribution >= 0.6 is 27.5 Å². The van der Waals surface area contributed by atoms with Crippen LogP contribution in [0.1, 0.15) is 25.7 Å². The van der Waals surface area contributed by atoms with Crippen molar-refractivity contribution in [3.8, 4) is 0 Å². The molecule has 1 nitrogen and oxygen atoms in total. The van der Waals surface area contributed by atoms with Crippen molar-refractivity contribution < 1.29 is 5.11 Å². The van der Waals surface area contributed by atoms with E-state index in [1.807, 2.05) is 0 Å². The van der Waals surface area contributed by atoms with Crippen LogP contribution < -0.4 is 0 Å². The van der Waals surface area contributed by atoms with Crippen LogP contribution in [0.5, 0.6) is 0 Å². The molecule has 1 rings (SSSR count). The van der Waals surface area contributed by atoms with E-state index in [4.69, 9.17) is 11.6 Å². The summed E-state index contributed by atoms with van der Waals surface area (Å²) in [7, 11) is 0. The predicted molar refractivity (Wildman–Crippen MR) is 46.8 cm³/mol. The van der Waals surface area contributed by atoms with Crippen molar-refractivity contribution in [3.63, 3.8) is 0 Å². The van der Waals surface area contributed by atoms with Crippen molar-refractivity contribution in [1.29, 1.82) is 0 Å². The number of rotatable bonds is 0. The predicted octanol–water partition coefficient (Wildman–Crippen LogP) is 2.29. The minimum Gasteiger partial charge on any atom is -0.392 e. The standard InChI is InChI=1S/C7H12BrClO/c8-6-3-1-2-5(9)4-7(6)10/h5-7,10H,1-4H2. The molecule has 0 radical (unpaired) electrons. The molecule has 1 N–H and O–H groups in total. The summed E-state index contributed by atoms with van der Waals surface area (Å²) in [5, 5.41) is 9.58. The van der Waals surface area contributed by atoms with Crippen LogP contribution in [0.2, 0.25) is 0 Å². The summed E-state index contributed by atoms with van der Waals surface area (Å²) >= 11 is 9.32. The molecule has 60 valence electrons. The lowest BCUT2D eigenvalue weighted by molar-refractivity contribution is 0.166. The van der Waals surface area contributed by atoms with Crippen molar-refractivity contribution in [2.24, 2.45) is 0 Å². The van der Waals surface area contributed by atoms with Gasteiger partial charge in [-0.05, 0) is 19.3 Å². The Morgan fingerprint density at radius 1 is 1.40 bits per heavy atom. The number of aliphatic hydroxyl groups excluding tert-OH is 1. The Bertz CT molecular complexity index is 110. The Hall–Kier alpha value is 0.730. The van der Waals surface area contributed by atoms with Gasteiger partial charge in [0.25, 0.3) is 0 Å². The molecule has 0 aromatic carbocycles. The Morgan fingerprint density at radius 3 is 2.80 bits per heavy atom. The Morgan fingerprint density at radius 2 is 2.10 bits per heavy atom. The van der Waals surface area contributed by atoms with Crippen molar-refractivity contribution in [2.45, 2.75) is 42.0 Å². The first-order chi connectivity index (χ1) is 4.70. The van der Waals surface area contributed by atoms with E-state index in [-0.39, 0.29) is 16.3 Å². The molecule has 3 heteroatoms. The van der Waals surface area contributed by atoms with Gasteiger partial charge < -0.3 is 5.11 Å². The number of halogens is 2. The van der Waals surface area contributed by atoms with Crippen molar-refractivity contribution >= 4 is 27.5 Å². The molecule has 0 aromatic heterocycles. The fourth-order valence-corrected chi connectivity index (χ4v) is 2.13. The highest BCUT2D eigenvalue weighted by atomic mass is 79.9. The fraction of sp³-hybridized carbons (Fsp3) is 1.00. The van der Waals surface area contributed by atoms with Gasteiger partial charge in [-0.1, -0.05) is 22.4 Å². The smallest absolute Gasteiger partial charge is 0.0679 e. The largest absolute Gasteiger partial charge is 0.392 e. The lowest BCUT2D eigenvalue weighted by Gasteiger charge is -2.13. The molecule has 1 aliphatic carbocycles. The van der Waals surface area contributed by atoms with Gasteiger partial charge in [-0.3, -0.25) is 0 Å². The first kappa shape index (κ1) is 8.82. The zero-order chi connectivity index (χ0) is 7.56. The number of alkyl halides is 2. The average Bonchev–Trinajstić information content (AvgIpc) is 1.96. The topological polar surface area (TPSA) is 20.2 Å². The zero-order valence-electron chi connectivity index (χ0n) is 5.76. The molecule has 0 bridgehead atoms. The zero-order valence-corrected chi connectivity index (χ0v) is 8.11. The summed E-state index contributed by atoms with van der Waals surface area (Å²) in [5.74, 6) is 0. The summed E-state index contributed by atoms with van der Waals surface area (Å²) in [6, 6.07) is 0. The molecule has 0 amide bonds. The summed E-state index contributed by atoms with van der Waals surface area (Å²) in [5.41, 5.74) is 0. The molecule has 1 saturated carbocycles. The molecule has 1 fully saturated rings. The maximum atomic E-state index is 9.40. The van der Waals surface area contributed by atoms with E-state index in [0.29, 0.717) is 0 Å². The van der Waals surface area contributed by atoms with Crippen LogP contribution in [0.25, 0.3) is 0 Å². The van der Waals surface area contributed by atoms with Crippen LogP contribution in [0.4, 0.5) is 0 Å². The quantitative estimate of drug-likeness (QED) is 0.497. The van der Waals surface area contributed by atoms with Crippen molar-refractivity contribution in [3.05, 3.63) is 0 Å². The minimum absolute atomic E-state index is 0.178. The molecule has 1 aliphatic rings. The fourth-order valence-electron chi connectivity index (χ4n) is 1.25. The van der Waals surface area contributed by atoms with E-state index < -0.39 is 0 Å². The van der Waals surface area contributed by atoms with E-state index in [1.54, 1.807) is 0 Å². The van der Waals surface area contributed by atoms with Gasteiger partial charge in [0.05, 0.1) is 6.10 Å². The number of aliphatic hydroxyl groups is 1. The summed E-state index contributed by atoms with van der Waals surface area (Å²) < 4.78 is 0. The second-order valence-electron chi connectivity index (χ2n) is 2.85. The second-order valence-corrected chi connectivity index (χ2v) is 4.64. The normalized spacial score (nSPS) is 42.9. The highest BCUT2D eigenvalue weighted by Gasteiger charge is 2.23. The van der Waals surface area contributed by atoms with E-state index >= 15 is 0 Å². The van der Waals surface area contributed by atoms with E-state index in [0.717, 1.165) is 25.7 Å². The second kappa shape index (κ2) is 3.93. The minimum atomic E-state index is -0.245. The third-order valence-corrected chi connectivity index (χ3v) is 3.38. The highest BCUT2D eigenvalue weighted by molar-refractivity contribution is 9.09. The SMILES string of the molecule is OC1CC(Cl)CCCC1Br. The summed E-state index contributed by atoms with van der Waals surface area (Å²) in [6.45, 7) is 0. The lowest BCUT2D eigenvalue weighted by Crippen LogP contribution is -2.20. The molecular formula is C7H12BrClO. The van der Waals surface area contributed by atoms with Gasteiger partial charge in [-0.15, -0.1) is 11.6 Å². The van der Waals surface area contributed by atoms with Crippen molar-refractivity contribution in [2.75, 3.05) is 0 Å². The summed E-state index contributed by atoms with van der Waals surface area (Å²) in [6.07, 6.45) is 3.70. The third kappa shape index (κ3) is 2.40.